The number of ether oxygens (including phenoxy) is 1. The van der Waals surface area contributed by atoms with E-state index in [1.54, 1.807) is 6.08 Å². The lowest BCUT2D eigenvalue weighted by molar-refractivity contribution is -0.384. The Bertz CT molecular complexity index is 519. The Morgan fingerprint density at radius 2 is 2.30 bits per heavy atom. The van der Waals surface area contributed by atoms with Crippen molar-refractivity contribution in [3.8, 4) is 0 Å². The molecular formula is C13H15ClN2O4. The van der Waals surface area contributed by atoms with E-state index < -0.39 is 4.92 Å². The molecule has 0 saturated carbocycles. The van der Waals surface area contributed by atoms with Crippen molar-refractivity contribution < 1.29 is 14.5 Å². The minimum atomic E-state index is -0.619. The summed E-state index contributed by atoms with van der Waals surface area (Å²) in [6.07, 6.45) is 1.58. The maximum absolute atomic E-state index is 12.3. The standard InChI is InChI=1S/C13H15ClN2O4/c1-3-6-15(7-8-20-2)13(17)10-4-5-11(14)12(9-10)16(18)19/h3-5,9H,1,6-8H2,2H3. The first kappa shape index (κ1) is 16.1. The fourth-order valence-corrected chi connectivity index (χ4v) is 1.79. The molecule has 0 heterocycles. The molecule has 0 atom stereocenters. The molecule has 0 fully saturated rings. The zero-order chi connectivity index (χ0) is 15.1. The Balaban J connectivity index is 3.02. The molecule has 0 aliphatic heterocycles. The second kappa shape index (κ2) is 7.62. The molecule has 0 saturated heterocycles. The summed E-state index contributed by atoms with van der Waals surface area (Å²) in [6.45, 7) is 4.66. The predicted molar refractivity (Wildman–Crippen MR) is 76.1 cm³/mol. The fraction of sp³-hybridized carbons (Fsp3) is 0.308. The molecule has 1 rings (SSSR count). The summed E-state index contributed by atoms with van der Waals surface area (Å²) < 4.78 is 4.93. The highest BCUT2D eigenvalue weighted by Gasteiger charge is 2.19. The van der Waals surface area contributed by atoms with Crippen molar-refractivity contribution in [1.29, 1.82) is 0 Å². The Kier molecular flexibility index (Phi) is 6.14. The van der Waals surface area contributed by atoms with Gasteiger partial charge in [0.05, 0.1) is 11.5 Å². The number of hydrogen-bond donors (Lipinski definition) is 0. The minimum Gasteiger partial charge on any atom is -0.383 e. The molecule has 0 spiro atoms. The Hall–Kier alpha value is -1.92. The van der Waals surface area contributed by atoms with Crippen molar-refractivity contribution in [3.63, 3.8) is 0 Å². The van der Waals surface area contributed by atoms with Gasteiger partial charge in [0.1, 0.15) is 5.02 Å². The minimum absolute atomic E-state index is 0.00119. The van der Waals surface area contributed by atoms with Gasteiger partial charge in [0, 0.05) is 31.8 Å². The molecule has 6 nitrogen and oxygen atoms in total. The Morgan fingerprint density at radius 3 is 2.85 bits per heavy atom. The molecule has 0 radical (unpaired) electrons. The zero-order valence-electron chi connectivity index (χ0n) is 11.0. The summed E-state index contributed by atoms with van der Waals surface area (Å²) in [7, 11) is 1.53. The number of carbonyl (C=O) groups is 1. The van der Waals surface area contributed by atoms with E-state index in [0.717, 1.165) is 0 Å². The number of rotatable bonds is 7. The van der Waals surface area contributed by atoms with Crippen molar-refractivity contribution in [3.05, 3.63) is 51.6 Å². The van der Waals surface area contributed by atoms with Gasteiger partial charge in [-0.25, -0.2) is 0 Å². The second-order valence-corrected chi connectivity index (χ2v) is 4.36. The third-order valence-corrected chi connectivity index (χ3v) is 2.91. The molecule has 20 heavy (non-hydrogen) atoms. The Morgan fingerprint density at radius 1 is 1.60 bits per heavy atom. The molecule has 0 N–H and O–H groups in total. The third-order valence-electron chi connectivity index (χ3n) is 2.59. The molecular weight excluding hydrogens is 284 g/mol. The van der Waals surface area contributed by atoms with E-state index in [2.05, 4.69) is 6.58 Å². The number of nitro benzene ring substituents is 1. The molecule has 0 aliphatic carbocycles. The van der Waals surface area contributed by atoms with Gasteiger partial charge in [0.25, 0.3) is 11.6 Å². The number of nitro groups is 1. The lowest BCUT2D eigenvalue weighted by Gasteiger charge is -2.20. The van der Waals surface area contributed by atoms with Crippen LogP contribution in [0.15, 0.2) is 30.9 Å². The van der Waals surface area contributed by atoms with Gasteiger partial charge in [-0.3, -0.25) is 14.9 Å². The van der Waals surface area contributed by atoms with E-state index in [1.165, 1.54) is 30.2 Å². The fourth-order valence-electron chi connectivity index (χ4n) is 1.60. The summed E-state index contributed by atoms with van der Waals surface area (Å²) in [5.41, 5.74) is -0.0816. The van der Waals surface area contributed by atoms with Crippen LogP contribution in [0.3, 0.4) is 0 Å². The topological polar surface area (TPSA) is 72.7 Å². The van der Waals surface area contributed by atoms with Crippen LogP contribution in [0.5, 0.6) is 0 Å². The average Bonchev–Trinajstić information content (AvgIpc) is 2.43. The summed E-state index contributed by atoms with van der Waals surface area (Å²) in [4.78, 5) is 24.0. The number of methoxy groups -OCH3 is 1. The average molecular weight is 299 g/mol. The quantitative estimate of drug-likeness (QED) is 0.440. The van der Waals surface area contributed by atoms with Gasteiger partial charge in [-0.05, 0) is 12.1 Å². The molecule has 1 aromatic rings. The molecule has 0 aromatic heterocycles. The molecule has 1 amide bonds. The number of amides is 1. The van der Waals surface area contributed by atoms with Crippen molar-refractivity contribution >= 4 is 23.2 Å². The highest BCUT2D eigenvalue weighted by Crippen LogP contribution is 2.25. The van der Waals surface area contributed by atoms with Gasteiger partial charge < -0.3 is 9.64 Å². The summed E-state index contributed by atoms with van der Waals surface area (Å²) in [6, 6.07) is 3.98. The van der Waals surface area contributed by atoms with Gasteiger partial charge in [0.15, 0.2) is 0 Å². The lowest BCUT2D eigenvalue weighted by atomic mass is 10.1. The maximum Gasteiger partial charge on any atom is 0.288 e. The first-order valence-electron chi connectivity index (χ1n) is 5.84. The number of nitrogens with zero attached hydrogens (tertiary/aromatic N) is 2. The third kappa shape index (κ3) is 4.04. The van der Waals surface area contributed by atoms with Gasteiger partial charge >= 0.3 is 0 Å². The van der Waals surface area contributed by atoms with Crippen LogP contribution in [0.25, 0.3) is 0 Å². The van der Waals surface area contributed by atoms with Gasteiger partial charge in [0.2, 0.25) is 0 Å². The predicted octanol–water partition coefficient (Wildman–Crippen LogP) is 2.52. The van der Waals surface area contributed by atoms with E-state index in [1.807, 2.05) is 0 Å². The van der Waals surface area contributed by atoms with Crippen LogP contribution in [0.2, 0.25) is 5.02 Å². The van der Waals surface area contributed by atoms with E-state index in [-0.39, 0.29) is 22.2 Å². The molecule has 0 bridgehead atoms. The van der Waals surface area contributed by atoms with Crippen LogP contribution in [0.1, 0.15) is 10.4 Å². The molecule has 7 heteroatoms. The van der Waals surface area contributed by atoms with Gasteiger partial charge in [-0.2, -0.15) is 0 Å². The van der Waals surface area contributed by atoms with E-state index in [4.69, 9.17) is 16.3 Å². The zero-order valence-corrected chi connectivity index (χ0v) is 11.8. The summed E-state index contributed by atoms with van der Waals surface area (Å²) in [5, 5.41) is 10.8. The highest BCUT2D eigenvalue weighted by atomic mass is 35.5. The number of halogens is 1. The largest absolute Gasteiger partial charge is 0.383 e. The Labute approximate surface area is 121 Å². The van der Waals surface area contributed by atoms with Crippen molar-refractivity contribution in [2.75, 3.05) is 26.8 Å². The highest BCUT2D eigenvalue weighted by molar-refractivity contribution is 6.32. The van der Waals surface area contributed by atoms with Crippen LogP contribution in [-0.4, -0.2) is 42.5 Å². The monoisotopic (exact) mass is 298 g/mol. The van der Waals surface area contributed by atoms with E-state index in [9.17, 15) is 14.9 Å². The first-order valence-corrected chi connectivity index (χ1v) is 6.22. The maximum atomic E-state index is 12.3. The van der Waals surface area contributed by atoms with Gasteiger partial charge in [-0.15, -0.1) is 6.58 Å². The van der Waals surface area contributed by atoms with Crippen molar-refractivity contribution in [2.24, 2.45) is 0 Å². The van der Waals surface area contributed by atoms with Crippen LogP contribution in [-0.2, 0) is 4.74 Å². The number of carbonyl (C=O) groups excluding carboxylic acids is 1. The van der Waals surface area contributed by atoms with E-state index in [0.29, 0.717) is 19.7 Å². The smallest absolute Gasteiger partial charge is 0.288 e. The van der Waals surface area contributed by atoms with Crippen LogP contribution < -0.4 is 0 Å². The van der Waals surface area contributed by atoms with Crippen LogP contribution >= 0.6 is 11.6 Å². The summed E-state index contributed by atoms with van der Waals surface area (Å²) in [5.74, 6) is -0.332. The van der Waals surface area contributed by atoms with Gasteiger partial charge in [-0.1, -0.05) is 17.7 Å². The van der Waals surface area contributed by atoms with Crippen molar-refractivity contribution in [1.82, 2.24) is 4.90 Å². The summed E-state index contributed by atoms with van der Waals surface area (Å²) >= 11 is 5.72. The normalized spacial score (nSPS) is 10.1. The SMILES string of the molecule is C=CCN(CCOC)C(=O)c1ccc(Cl)c([N+](=O)[O-])c1. The van der Waals surface area contributed by atoms with Crippen LogP contribution in [0.4, 0.5) is 5.69 Å². The van der Waals surface area contributed by atoms with Crippen LogP contribution in [0, 0.1) is 10.1 Å². The number of benzene rings is 1. The second-order valence-electron chi connectivity index (χ2n) is 3.96. The van der Waals surface area contributed by atoms with Crippen molar-refractivity contribution in [2.45, 2.75) is 0 Å². The molecule has 1 aromatic carbocycles. The molecule has 108 valence electrons. The van der Waals surface area contributed by atoms with E-state index >= 15 is 0 Å². The first-order chi connectivity index (χ1) is 9.51. The molecule has 0 unspecified atom stereocenters. The lowest BCUT2D eigenvalue weighted by Crippen LogP contribution is -2.34. The molecule has 0 aliphatic rings. The number of hydrogen-bond acceptors (Lipinski definition) is 4.